The third-order valence-electron chi connectivity index (χ3n) is 4.47. The van der Waals surface area contributed by atoms with Gasteiger partial charge in [-0.1, -0.05) is 47.0 Å². The largest absolute Gasteiger partial charge is 0.380 e. The highest BCUT2D eigenvalue weighted by molar-refractivity contribution is 6.00. The van der Waals surface area contributed by atoms with Crippen molar-refractivity contribution in [2.45, 2.75) is 53.9 Å². The zero-order valence-electron chi connectivity index (χ0n) is 19.0. The highest BCUT2D eigenvalue weighted by atomic mass is 16.5. The van der Waals surface area contributed by atoms with E-state index in [1.807, 2.05) is 20.8 Å². The average molecular weight is 417 g/mol. The van der Waals surface area contributed by atoms with E-state index in [0.29, 0.717) is 50.5 Å². The van der Waals surface area contributed by atoms with Crippen molar-refractivity contribution in [3.8, 4) is 12.3 Å². The summed E-state index contributed by atoms with van der Waals surface area (Å²) in [7, 11) is 0. The summed E-state index contributed by atoms with van der Waals surface area (Å²) in [5.74, 6) is 2.22. The quantitative estimate of drug-likeness (QED) is 0.283. The smallest absolute Gasteiger partial charge is 0.252 e. The lowest BCUT2D eigenvalue weighted by Gasteiger charge is -2.29. The maximum absolute atomic E-state index is 12.5. The van der Waals surface area contributed by atoms with Gasteiger partial charge in [-0.3, -0.25) is 14.6 Å². The highest BCUT2D eigenvalue weighted by Crippen LogP contribution is 2.20. The first-order chi connectivity index (χ1) is 14.1. The third kappa shape index (κ3) is 10.00. The standard InChI is InChI=1S/C24H36N2O4/c1-7-9-10-21(27)19-12-20(14-25-13-19)22(28)26-15-23(3,4)16-30-18-24(5,6)17-29-11-8-2/h2,12-14H,7,9-11,15-18H2,1,3-6H3,(H,26,28). The summed E-state index contributed by atoms with van der Waals surface area (Å²) in [6.07, 6.45) is 10.4. The van der Waals surface area contributed by atoms with E-state index in [9.17, 15) is 9.59 Å². The van der Waals surface area contributed by atoms with E-state index in [1.54, 1.807) is 6.07 Å². The molecule has 0 spiro atoms. The minimum absolute atomic E-state index is 0.0153. The second-order valence-corrected chi connectivity index (χ2v) is 9.19. The number of carbonyl (C=O) groups excluding carboxylic acids is 2. The molecule has 166 valence electrons. The molecule has 0 aliphatic rings. The van der Waals surface area contributed by atoms with Gasteiger partial charge >= 0.3 is 0 Å². The highest BCUT2D eigenvalue weighted by Gasteiger charge is 2.24. The van der Waals surface area contributed by atoms with Crippen molar-refractivity contribution in [2.75, 3.05) is 33.0 Å². The minimum Gasteiger partial charge on any atom is -0.380 e. The van der Waals surface area contributed by atoms with Gasteiger partial charge in [-0.2, -0.15) is 0 Å². The zero-order valence-corrected chi connectivity index (χ0v) is 19.0. The molecule has 6 heteroatoms. The van der Waals surface area contributed by atoms with Crippen LogP contribution in [0, 0.1) is 23.2 Å². The van der Waals surface area contributed by atoms with Crippen LogP contribution in [-0.4, -0.2) is 49.6 Å². The van der Waals surface area contributed by atoms with E-state index in [-0.39, 0.29) is 22.5 Å². The van der Waals surface area contributed by atoms with Gasteiger partial charge in [0.25, 0.3) is 5.91 Å². The lowest BCUT2D eigenvalue weighted by atomic mass is 9.93. The summed E-state index contributed by atoms with van der Waals surface area (Å²) < 4.78 is 11.3. The number of ether oxygens (including phenoxy) is 2. The van der Waals surface area contributed by atoms with E-state index in [1.165, 1.54) is 12.4 Å². The molecule has 1 amide bonds. The van der Waals surface area contributed by atoms with Crippen molar-refractivity contribution in [1.29, 1.82) is 0 Å². The number of amides is 1. The lowest BCUT2D eigenvalue weighted by molar-refractivity contribution is -0.0191. The van der Waals surface area contributed by atoms with Gasteiger partial charge in [-0.15, -0.1) is 6.42 Å². The molecule has 1 aromatic heterocycles. The number of hydrogen-bond donors (Lipinski definition) is 1. The zero-order chi connectivity index (χ0) is 22.6. The van der Waals surface area contributed by atoms with Gasteiger partial charge in [-0.05, 0) is 12.5 Å². The van der Waals surface area contributed by atoms with Gasteiger partial charge in [0.1, 0.15) is 6.61 Å². The number of ketones is 1. The number of Topliss-reactive ketones (excluding diaryl/α,β-unsaturated/α-hetero) is 1. The van der Waals surface area contributed by atoms with Crippen molar-refractivity contribution < 1.29 is 19.1 Å². The third-order valence-corrected chi connectivity index (χ3v) is 4.47. The molecule has 0 fully saturated rings. The number of pyridine rings is 1. The molecule has 0 aliphatic heterocycles. The molecule has 0 unspecified atom stereocenters. The van der Waals surface area contributed by atoms with Crippen LogP contribution in [0.15, 0.2) is 18.5 Å². The van der Waals surface area contributed by atoms with Gasteiger partial charge in [0.05, 0.1) is 25.4 Å². The van der Waals surface area contributed by atoms with Gasteiger partial charge in [0.15, 0.2) is 5.78 Å². The molecular formula is C24H36N2O4. The fourth-order valence-corrected chi connectivity index (χ4v) is 2.70. The molecule has 1 N–H and O–H groups in total. The summed E-state index contributed by atoms with van der Waals surface area (Å²) in [6, 6.07) is 1.61. The van der Waals surface area contributed by atoms with Crippen LogP contribution in [0.25, 0.3) is 0 Å². The van der Waals surface area contributed by atoms with Gasteiger partial charge < -0.3 is 14.8 Å². The summed E-state index contributed by atoms with van der Waals surface area (Å²) in [5.41, 5.74) is 0.467. The molecule has 1 rings (SSSR count). The maximum atomic E-state index is 12.5. The Bertz CT molecular complexity index is 735. The number of terminal acetylenes is 1. The number of carbonyl (C=O) groups is 2. The fourth-order valence-electron chi connectivity index (χ4n) is 2.70. The molecule has 1 heterocycles. The van der Waals surface area contributed by atoms with E-state index in [2.05, 4.69) is 30.1 Å². The van der Waals surface area contributed by atoms with E-state index < -0.39 is 0 Å². The number of rotatable bonds is 14. The first kappa shape index (κ1) is 25.8. The van der Waals surface area contributed by atoms with E-state index in [4.69, 9.17) is 15.9 Å². The number of hydrogen-bond acceptors (Lipinski definition) is 5. The topological polar surface area (TPSA) is 77.5 Å². The van der Waals surface area contributed by atoms with Crippen molar-refractivity contribution in [3.63, 3.8) is 0 Å². The molecular weight excluding hydrogens is 380 g/mol. The summed E-state index contributed by atoms with van der Waals surface area (Å²) >= 11 is 0. The summed E-state index contributed by atoms with van der Waals surface area (Å²) in [5, 5.41) is 2.92. The van der Waals surface area contributed by atoms with Gasteiger partial charge in [-0.25, -0.2) is 0 Å². The van der Waals surface area contributed by atoms with Crippen molar-refractivity contribution in [3.05, 3.63) is 29.6 Å². The van der Waals surface area contributed by atoms with Crippen LogP contribution in [-0.2, 0) is 9.47 Å². The number of aromatic nitrogens is 1. The van der Waals surface area contributed by atoms with Crippen LogP contribution in [0.2, 0.25) is 0 Å². The lowest BCUT2D eigenvalue weighted by Crippen LogP contribution is -2.38. The van der Waals surface area contributed by atoms with Crippen molar-refractivity contribution in [2.24, 2.45) is 10.8 Å². The summed E-state index contributed by atoms with van der Waals surface area (Å²) in [4.78, 5) is 28.8. The number of unbranched alkanes of at least 4 members (excludes halogenated alkanes) is 1. The van der Waals surface area contributed by atoms with Crippen LogP contribution in [0.1, 0.15) is 74.6 Å². The Labute approximate surface area is 181 Å². The molecule has 0 saturated heterocycles. The van der Waals surface area contributed by atoms with E-state index in [0.717, 1.165) is 12.8 Å². The predicted octanol–water partition coefficient (Wildman–Crippen LogP) is 3.90. The first-order valence-corrected chi connectivity index (χ1v) is 10.5. The molecule has 30 heavy (non-hydrogen) atoms. The second kappa shape index (κ2) is 12.5. The van der Waals surface area contributed by atoms with Crippen LogP contribution < -0.4 is 5.32 Å². The number of nitrogens with one attached hydrogen (secondary N) is 1. The fraction of sp³-hybridized carbons (Fsp3) is 0.625. The molecule has 0 aliphatic carbocycles. The molecule has 0 atom stereocenters. The van der Waals surface area contributed by atoms with Crippen LogP contribution in [0.3, 0.4) is 0 Å². The van der Waals surface area contributed by atoms with Gasteiger partial charge in [0, 0.05) is 41.8 Å². The Hall–Kier alpha value is -2.23. The predicted molar refractivity (Wildman–Crippen MR) is 118 cm³/mol. The monoisotopic (exact) mass is 416 g/mol. The SMILES string of the molecule is C#CCOCC(C)(C)COCC(C)(C)CNC(=O)c1cncc(C(=O)CCCC)c1. The Kier molecular flexibility index (Phi) is 10.7. The normalized spacial score (nSPS) is 11.7. The second-order valence-electron chi connectivity index (χ2n) is 9.19. The first-order valence-electron chi connectivity index (χ1n) is 10.5. The Morgan fingerprint density at radius 3 is 2.37 bits per heavy atom. The maximum Gasteiger partial charge on any atom is 0.252 e. The molecule has 0 radical (unpaired) electrons. The Morgan fingerprint density at radius 1 is 1.07 bits per heavy atom. The number of nitrogens with zero attached hydrogens (tertiary/aromatic N) is 1. The van der Waals surface area contributed by atoms with Crippen LogP contribution in [0.5, 0.6) is 0 Å². The van der Waals surface area contributed by atoms with Crippen molar-refractivity contribution in [1.82, 2.24) is 10.3 Å². The average Bonchev–Trinajstić information content (AvgIpc) is 2.70. The molecule has 0 aromatic carbocycles. The molecule has 6 nitrogen and oxygen atoms in total. The Balaban J connectivity index is 2.51. The van der Waals surface area contributed by atoms with Crippen LogP contribution >= 0.6 is 0 Å². The molecule has 0 bridgehead atoms. The molecule has 1 aromatic rings. The van der Waals surface area contributed by atoms with Gasteiger partial charge in [0.2, 0.25) is 0 Å². The molecule has 0 saturated carbocycles. The van der Waals surface area contributed by atoms with Crippen molar-refractivity contribution >= 4 is 11.7 Å². The minimum atomic E-state index is -0.257. The van der Waals surface area contributed by atoms with Crippen LogP contribution in [0.4, 0.5) is 0 Å². The Morgan fingerprint density at radius 2 is 1.70 bits per heavy atom. The summed E-state index contributed by atoms with van der Waals surface area (Å²) in [6.45, 7) is 12.5. The van der Waals surface area contributed by atoms with E-state index >= 15 is 0 Å².